The van der Waals surface area contributed by atoms with Crippen LogP contribution in [0.3, 0.4) is 0 Å². The highest BCUT2D eigenvalue weighted by molar-refractivity contribution is 7.89. The summed E-state index contributed by atoms with van der Waals surface area (Å²) in [6, 6.07) is 2.40. The van der Waals surface area contributed by atoms with Crippen molar-refractivity contribution in [3.05, 3.63) is 28.8 Å². The monoisotopic (exact) mass is 355 g/mol. The largest absolute Gasteiger partial charge is 0.416 e. The summed E-state index contributed by atoms with van der Waals surface area (Å²) < 4.78 is 64.9. The van der Waals surface area contributed by atoms with Gasteiger partial charge < -0.3 is 0 Å². The maximum atomic E-state index is 12.8. The molecule has 0 aliphatic carbocycles. The smallest absolute Gasteiger partial charge is 0.207 e. The lowest BCUT2D eigenvalue weighted by Gasteiger charge is -2.25. The Kier molecular flexibility index (Phi) is 5.40. The zero-order chi connectivity index (χ0) is 16.4. The quantitative estimate of drug-likeness (QED) is 0.792. The van der Waals surface area contributed by atoms with E-state index in [9.17, 15) is 21.6 Å². The molecule has 0 aromatic heterocycles. The number of hydrogen-bond donors (Lipinski definition) is 0. The lowest BCUT2D eigenvalue weighted by atomic mass is 10.1. The fourth-order valence-electron chi connectivity index (χ4n) is 2.48. The van der Waals surface area contributed by atoms with Gasteiger partial charge in [-0.15, -0.1) is 0 Å². The standard InChI is InChI=1S/C14H17ClF3NO2S/c15-12-7-6-11(14(16,17)18)10-13(12)22(20,21)19-8-4-2-1-3-5-9-19/h6-7,10H,1-5,8-9H2. The van der Waals surface area contributed by atoms with Crippen LogP contribution in [0.15, 0.2) is 23.1 Å². The van der Waals surface area contributed by atoms with E-state index in [0.717, 1.165) is 31.4 Å². The average Bonchev–Trinajstić information content (AvgIpc) is 2.36. The van der Waals surface area contributed by atoms with E-state index in [2.05, 4.69) is 0 Å². The van der Waals surface area contributed by atoms with Gasteiger partial charge in [0.2, 0.25) is 10.0 Å². The van der Waals surface area contributed by atoms with Crippen LogP contribution < -0.4 is 0 Å². The first-order valence-corrected chi connectivity index (χ1v) is 8.91. The Morgan fingerprint density at radius 3 is 2.09 bits per heavy atom. The van der Waals surface area contributed by atoms with Crippen LogP contribution in [0.5, 0.6) is 0 Å². The molecule has 1 aliphatic heterocycles. The van der Waals surface area contributed by atoms with Crippen molar-refractivity contribution in [1.82, 2.24) is 4.31 Å². The molecule has 124 valence electrons. The molecule has 22 heavy (non-hydrogen) atoms. The molecule has 1 aromatic carbocycles. The summed E-state index contributed by atoms with van der Waals surface area (Å²) in [6.45, 7) is 0.629. The summed E-state index contributed by atoms with van der Waals surface area (Å²) in [5.74, 6) is 0. The molecule has 0 saturated carbocycles. The third kappa shape index (κ3) is 3.94. The minimum absolute atomic E-state index is 0.185. The normalized spacial score (nSPS) is 18.7. The number of alkyl halides is 3. The molecule has 0 spiro atoms. The number of hydrogen-bond acceptors (Lipinski definition) is 2. The highest BCUT2D eigenvalue weighted by Gasteiger charge is 2.34. The van der Waals surface area contributed by atoms with Crippen LogP contribution >= 0.6 is 11.6 Å². The molecule has 0 radical (unpaired) electrons. The third-order valence-electron chi connectivity index (χ3n) is 3.69. The van der Waals surface area contributed by atoms with Crippen molar-refractivity contribution in [2.24, 2.45) is 0 Å². The van der Waals surface area contributed by atoms with Gasteiger partial charge in [-0.2, -0.15) is 17.5 Å². The first-order valence-electron chi connectivity index (χ1n) is 7.10. The Morgan fingerprint density at radius 1 is 1.00 bits per heavy atom. The minimum Gasteiger partial charge on any atom is -0.207 e. The maximum Gasteiger partial charge on any atom is 0.416 e. The molecule has 1 aromatic rings. The van der Waals surface area contributed by atoms with Gasteiger partial charge in [-0.25, -0.2) is 8.42 Å². The topological polar surface area (TPSA) is 37.4 Å². The maximum absolute atomic E-state index is 12.8. The Morgan fingerprint density at radius 2 is 1.55 bits per heavy atom. The molecular formula is C14H17ClF3NO2S. The summed E-state index contributed by atoms with van der Waals surface area (Å²) in [7, 11) is -4.01. The van der Waals surface area contributed by atoms with Gasteiger partial charge in [0.05, 0.1) is 10.6 Å². The molecule has 0 unspecified atom stereocenters. The minimum atomic E-state index is -4.61. The van der Waals surface area contributed by atoms with Gasteiger partial charge in [0.1, 0.15) is 4.90 Å². The SMILES string of the molecule is O=S(=O)(c1cc(C(F)(F)F)ccc1Cl)N1CCCCCCC1. The van der Waals surface area contributed by atoms with E-state index < -0.39 is 26.7 Å². The zero-order valence-corrected chi connectivity index (χ0v) is 13.4. The van der Waals surface area contributed by atoms with Crippen molar-refractivity contribution in [3.8, 4) is 0 Å². The first-order chi connectivity index (χ1) is 10.2. The predicted octanol–water partition coefficient (Wildman–Crippen LogP) is 4.31. The number of sulfonamides is 1. The molecule has 2 rings (SSSR count). The van der Waals surface area contributed by atoms with Crippen LogP contribution in [-0.2, 0) is 16.2 Å². The molecule has 1 saturated heterocycles. The molecule has 8 heteroatoms. The van der Waals surface area contributed by atoms with Gasteiger partial charge >= 0.3 is 6.18 Å². The van der Waals surface area contributed by atoms with Gasteiger partial charge in [0.15, 0.2) is 0 Å². The summed E-state index contributed by atoms with van der Waals surface area (Å²) in [5, 5.41) is -0.185. The van der Waals surface area contributed by atoms with Crippen LogP contribution in [0.1, 0.15) is 37.7 Å². The Bertz CT molecular complexity index is 623. The number of halogens is 4. The van der Waals surface area contributed by atoms with E-state index in [1.54, 1.807) is 0 Å². The first kappa shape index (κ1) is 17.6. The van der Waals surface area contributed by atoms with E-state index in [1.807, 2.05) is 0 Å². The van der Waals surface area contributed by atoms with Gasteiger partial charge in [-0.3, -0.25) is 0 Å². The Balaban J connectivity index is 2.39. The average molecular weight is 356 g/mol. The Labute approximate surface area is 133 Å². The van der Waals surface area contributed by atoms with Crippen LogP contribution in [0.4, 0.5) is 13.2 Å². The van der Waals surface area contributed by atoms with E-state index in [1.165, 1.54) is 4.31 Å². The van der Waals surface area contributed by atoms with Crippen LogP contribution in [0, 0.1) is 0 Å². The van der Waals surface area contributed by atoms with Gasteiger partial charge in [-0.1, -0.05) is 30.9 Å². The second-order valence-corrected chi connectivity index (χ2v) is 7.63. The second-order valence-electron chi connectivity index (χ2n) is 5.31. The van der Waals surface area contributed by atoms with Gasteiger partial charge in [0.25, 0.3) is 0 Å². The van der Waals surface area contributed by atoms with Crippen molar-refractivity contribution in [3.63, 3.8) is 0 Å². The van der Waals surface area contributed by atoms with E-state index in [-0.39, 0.29) is 5.02 Å². The fraction of sp³-hybridized carbons (Fsp3) is 0.571. The third-order valence-corrected chi connectivity index (χ3v) is 6.07. The molecule has 1 fully saturated rings. The highest BCUT2D eigenvalue weighted by Crippen LogP contribution is 2.34. The molecule has 0 N–H and O–H groups in total. The summed E-state index contributed by atoms with van der Waals surface area (Å²) in [6.07, 6.45) is -0.306. The molecule has 0 amide bonds. The van der Waals surface area contributed by atoms with Gasteiger partial charge in [-0.05, 0) is 31.0 Å². The number of nitrogens with zero attached hydrogens (tertiary/aromatic N) is 1. The second kappa shape index (κ2) is 6.76. The van der Waals surface area contributed by atoms with Gasteiger partial charge in [0, 0.05) is 13.1 Å². The molecule has 0 atom stereocenters. The van der Waals surface area contributed by atoms with Crippen LogP contribution in [0.2, 0.25) is 5.02 Å². The predicted molar refractivity (Wildman–Crippen MR) is 78.3 cm³/mol. The molecule has 3 nitrogen and oxygen atoms in total. The van der Waals surface area contributed by atoms with Crippen molar-refractivity contribution < 1.29 is 21.6 Å². The van der Waals surface area contributed by atoms with Crippen molar-refractivity contribution in [2.75, 3.05) is 13.1 Å². The lowest BCUT2D eigenvalue weighted by molar-refractivity contribution is -0.137. The zero-order valence-electron chi connectivity index (χ0n) is 11.9. The molecular weight excluding hydrogens is 339 g/mol. The number of rotatable bonds is 2. The van der Waals surface area contributed by atoms with E-state index in [0.29, 0.717) is 32.0 Å². The molecule has 1 aliphatic rings. The molecule has 0 bridgehead atoms. The summed E-state index contributed by atoms with van der Waals surface area (Å²) in [5.41, 5.74) is -1.01. The highest BCUT2D eigenvalue weighted by atomic mass is 35.5. The van der Waals surface area contributed by atoms with Crippen molar-refractivity contribution >= 4 is 21.6 Å². The van der Waals surface area contributed by atoms with E-state index >= 15 is 0 Å². The van der Waals surface area contributed by atoms with Crippen LogP contribution in [-0.4, -0.2) is 25.8 Å². The van der Waals surface area contributed by atoms with Crippen LogP contribution in [0.25, 0.3) is 0 Å². The van der Waals surface area contributed by atoms with E-state index in [4.69, 9.17) is 11.6 Å². The lowest BCUT2D eigenvalue weighted by Crippen LogP contribution is -2.34. The molecule has 1 heterocycles. The number of benzene rings is 1. The van der Waals surface area contributed by atoms with Crippen molar-refractivity contribution in [1.29, 1.82) is 0 Å². The summed E-state index contributed by atoms with van der Waals surface area (Å²) in [4.78, 5) is -0.468. The fourth-order valence-corrected chi connectivity index (χ4v) is 4.49. The van der Waals surface area contributed by atoms with Crippen molar-refractivity contribution in [2.45, 2.75) is 43.2 Å². The summed E-state index contributed by atoms with van der Waals surface area (Å²) >= 11 is 5.85. The Hall–Kier alpha value is -0.790.